The maximum Gasteiger partial charge on any atom is 0.126 e. The molecule has 0 saturated heterocycles. The fourth-order valence-electron chi connectivity index (χ4n) is 2.21. The van der Waals surface area contributed by atoms with Gasteiger partial charge in [-0.1, -0.05) is 35.3 Å². The highest BCUT2D eigenvalue weighted by Gasteiger charge is 2.13. The van der Waals surface area contributed by atoms with Crippen molar-refractivity contribution in [2.45, 2.75) is 12.8 Å². The van der Waals surface area contributed by atoms with E-state index in [1.165, 1.54) is 12.1 Å². The molecule has 0 heterocycles. The monoisotopic (exact) mass is 312 g/mol. The lowest BCUT2D eigenvalue weighted by atomic mass is 9.93. The van der Waals surface area contributed by atoms with Gasteiger partial charge in [0.1, 0.15) is 5.82 Å². The third-order valence-corrected chi connectivity index (χ3v) is 3.66. The normalized spacial score (nSPS) is 12.4. The van der Waals surface area contributed by atoms with Gasteiger partial charge in [-0.15, -0.1) is 0 Å². The van der Waals surface area contributed by atoms with E-state index in [0.717, 1.165) is 5.56 Å². The smallest absolute Gasteiger partial charge is 0.126 e. The van der Waals surface area contributed by atoms with E-state index in [9.17, 15) is 9.50 Å². The lowest BCUT2D eigenvalue weighted by molar-refractivity contribution is 0.224. The van der Waals surface area contributed by atoms with Gasteiger partial charge in [-0.25, -0.2) is 4.39 Å². The predicted molar refractivity (Wildman–Crippen MR) is 80.8 cm³/mol. The van der Waals surface area contributed by atoms with Crippen LogP contribution in [-0.4, -0.2) is 11.7 Å². The van der Waals surface area contributed by atoms with Gasteiger partial charge in [-0.3, -0.25) is 0 Å². The van der Waals surface area contributed by atoms with Crippen LogP contribution in [0.3, 0.4) is 0 Å². The number of rotatable bonds is 5. The average Bonchev–Trinajstić information content (AvgIpc) is 2.42. The predicted octanol–water partition coefficient (Wildman–Crippen LogP) is 4.53. The van der Waals surface area contributed by atoms with Crippen LogP contribution in [-0.2, 0) is 12.8 Å². The Bertz CT molecular complexity index is 586. The van der Waals surface area contributed by atoms with E-state index in [0.29, 0.717) is 28.5 Å². The van der Waals surface area contributed by atoms with Crippen LogP contribution < -0.4 is 0 Å². The zero-order valence-corrected chi connectivity index (χ0v) is 12.3. The molecule has 2 aromatic rings. The van der Waals surface area contributed by atoms with E-state index in [1.807, 2.05) is 18.2 Å². The zero-order chi connectivity index (χ0) is 14.5. The highest BCUT2D eigenvalue weighted by atomic mass is 35.5. The summed E-state index contributed by atoms with van der Waals surface area (Å²) in [6.45, 7) is -0.0154. The van der Waals surface area contributed by atoms with Crippen molar-refractivity contribution in [3.05, 3.63) is 69.5 Å². The second-order valence-electron chi connectivity index (χ2n) is 4.82. The van der Waals surface area contributed by atoms with Crippen molar-refractivity contribution in [1.82, 2.24) is 0 Å². The minimum atomic E-state index is -0.293. The van der Waals surface area contributed by atoms with Crippen LogP contribution in [0.5, 0.6) is 0 Å². The summed E-state index contributed by atoms with van der Waals surface area (Å²) in [6.07, 6.45) is 1.08. The number of halogens is 3. The van der Waals surface area contributed by atoms with E-state index >= 15 is 0 Å². The molecule has 0 fully saturated rings. The fourth-order valence-corrected chi connectivity index (χ4v) is 2.62. The van der Waals surface area contributed by atoms with Gasteiger partial charge >= 0.3 is 0 Å². The molecule has 0 amide bonds. The Kier molecular flexibility index (Phi) is 5.41. The van der Waals surface area contributed by atoms with Gasteiger partial charge in [0.25, 0.3) is 0 Å². The standard InChI is InChI=1S/C16H15Cl2FO/c17-14-3-1-2-11(8-14)6-12(10-20)7-13-9-15(18)4-5-16(13)19/h1-5,8-9,12,20H,6-7,10H2. The second-order valence-corrected chi connectivity index (χ2v) is 5.70. The number of benzene rings is 2. The number of hydrogen-bond donors (Lipinski definition) is 1. The number of aliphatic hydroxyl groups is 1. The average molecular weight is 313 g/mol. The quantitative estimate of drug-likeness (QED) is 0.860. The Morgan fingerprint density at radius 1 is 1.00 bits per heavy atom. The highest BCUT2D eigenvalue weighted by Crippen LogP contribution is 2.21. The van der Waals surface area contributed by atoms with Crippen LogP contribution in [0.15, 0.2) is 42.5 Å². The Morgan fingerprint density at radius 3 is 2.45 bits per heavy atom. The van der Waals surface area contributed by atoms with Gasteiger partial charge < -0.3 is 5.11 Å². The summed E-state index contributed by atoms with van der Waals surface area (Å²) >= 11 is 11.8. The molecule has 1 nitrogen and oxygen atoms in total. The van der Waals surface area contributed by atoms with Gasteiger partial charge in [0, 0.05) is 16.7 Å². The van der Waals surface area contributed by atoms with Gasteiger partial charge in [0.2, 0.25) is 0 Å². The summed E-state index contributed by atoms with van der Waals surface area (Å²) in [6, 6.07) is 12.0. The van der Waals surface area contributed by atoms with Crippen molar-refractivity contribution in [3.8, 4) is 0 Å². The zero-order valence-electron chi connectivity index (χ0n) is 10.8. The van der Waals surface area contributed by atoms with Crippen LogP contribution in [0.1, 0.15) is 11.1 Å². The molecule has 0 spiro atoms. The molecule has 4 heteroatoms. The van der Waals surface area contributed by atoms with Crippen molar-refractivity contribution < 1.29 is 9.50 Å². The first-order valence-electron chi connectivity index (χ1n) is 6.37. The summed E-state index contributed by atoms with van der Waals surface area (Å²) in [5.41, 5.74) is 1.55. The molecule has 0 aromatic heterocycles. The lowest BCUT2D eigenvalue weighted by Crippen LogP contribution is -2.14. The third-order valence-electron chi connectivity index (χ3n) is 3.19. The summed E-state index contributed by atoms with van der Waals surface area (Å²) in [7, 11) is 0. The fraction of sp³-hybridized carbons (Fsp3) is 0.250. The first-order chi connectivity index (χ1) is 9.58. The van der Waals surface area contributed by atoms with Crippen molar-refractivity contribution in [2.24, 2.45) is 5.92 Å². The summed E-state index contributed by atoms with van der Waals surface area (Å²) in [5.74, 6) is -0.361. The Balaban J connectivity index is 2.11. The molecule has 0 aliphatic carbocycles. The van der Waals surface area contributed by atoms with E-state index in [2.05, 4.69) is 0 Å². The largest absolute Gasteiger partial charge is 0.396 e. The van der Waals surface area contributed by atoms with E-state index < -0.39 is 0 Å². The Labute approximate surface area is 128 Å². The van der Waals surface area contributed by atoms with Crippen LogP contribution >= 0.6 is 23.2 Å². The van der Waals surface area contributed by atoms with Crippen LogP contribution in [0, 0.1) is 11.7 Å². The molecule has 1 N–H and O–H groups in total. The molecular formula is C16H15Cl2FO. The summed E-state index contributed by atoms with van der Waals surface area (Å²) in [5, 5.41) is 10.7. The molecule has 0 aliphatic rings. The van der Waals surface area contributed by atoms with Crippen molar-refractivity contribution in [2.75, 3.05) is 6.61 Å². The van der Waals surface area contributed by atoms with E-state index in [1.54, 1.807) is 12.1 Å². The molecule has 2 rings (SSSR count). The van der Waals surface area contributed by atoms with E-state index in [4.69, 9.17) is 23.2 Å². The lowest BCUT2D eigenvalue weighted by Gasteiger charge is -2.15. The van der Waals surface area contributed by atoms with Crippen molar-refractivity contribution in [1.29, 1.82) is 0 Å². The van der Waals surface area contributed by atoms with Gasteiger partial charge in [0.05, 0.1) is 0 Å². The molecule has 2 aromatic carbocycles. The summed E-state index contributed by atoms with van der Waals surface area (Å²) in [4.78, 5) is 0. The Hall–Kier alpha value is -1.09. The molecule has 106 valence electrons. The van der Waals surface area contributed by atoms with Crippen LogP contribution in [0.4, 0.5) is 4.39 Å². The number of hydrogen-bond acceptors (Lipinski definition) is 1. The molecule has 0 radical (unpaired) electrons. The molecule has 1 atom stereocenters. The second kappa shape index (κ2) is 7.07. The van der Waals surface area contributed by atoms with Crippen molar-refractivity contribution in [3.63, 3.8) is 0 Å². The van der Waals surface area contributed by atoms with Gasteiger partial charge in [-0.05, 0) is 60.2 Å². The molecule has 1 unspecified atom stereocenters. The summed E-state index contributed by atoms with van der Waals surface area (Å²) < 4.78 is 13.7. The minimum Gasteiger partial charge on any atom is -0.396 e. The first-order valence-corrected chi connectivity index (χ1v) is 7.13. The Morgan fingerprint density at radius 2 is 1.75 bits per heavy atom. The van der Waals surface area contributed by atoms with E-state index in [-0.39, 0.29) is 18.3 Å². The molecule has 0 aliphatic heterocycles. The molecule has 0 bridgehead atoms. The topological polar surface area (TPSA) is 20.2 Å². The molecular weight excluding hydrogens is 298 g/mol. The van der Waals surface area contributed by atoms with Crippen LogP contribution in [0.25, 0.3) is 0 Å². The molecule has 0 saturated carbocycles. The number of aliphatic hydroxyl groups excluding tert-OH is 1. The highest BCUT2D eigenvalue weighted by molar-refractivity contribution is 6.30. The van der Waals surface area contributed by atoms with Gasteiger partial charge in [0.15, 0.2) is 0 Å². The minimum absolute atomic E-state index is 0.0154. The molecule has 20 heavy (non-hydrogen) atoms. The SMILES string of the molecule is OCC(Cc1cccc(Cl)c1)Cc1cc(Cl)ccc1F. The first kappa shape index (κ1) is 15.3. The van der Waals surface area contributed by atoms with Gasteiger partial charge in [-0.2, -0.15) is 0 Å². The van der Waals surface area contributed by atoms with Crippen molar-refractivity contribution >= 4 is 23.2 Å². The third kappa shape index (κ3) is 4.20. The maximum absolute atomic E-state index is 13.7. The van der Waals surface area contributed by atoms with Crippen LogP contribution in [0.2, 0.25) is 10.0 Å². The maximum atomic E-state index is 13.7.